The number of carboxylic acids is 1. The molecule has 0 aliphatic heterocycles. The van der Waals surface area contributed by atoms with Crippen LogP contribution in [0.15, 0.2) is 23.9 Å². The van der Waals surface area contributed by atoms with Crippen LogP contribution in [0.3, 0.4) is 0 Å². The summed E-state index contributed by atoms with van der Waals surface area (Å²) < 4.78 is 0. The molecular formula is C17H27NO5. The number of aliphatic hydroxyl groups excluding tert-OH is 2. The summed E-state index contributed by atoms with van der Waals surface area (Å²) in [6.45, 7) is 4.03. The maximum Gasteiger partial charge on any atom is 0.305 e. The molecule has 1 saturated carbocycles. The van der Waals surface area contributed by atoms with Gasteiger partial charge < -0.3 is 15.3 Å². The van der Waals surface area contributed by atoms with Crippen LogP contribution in [0.25, 0.3) is 0 Å². The highest BCUT2D eigenvalue weighted by Crippen LogP contribution is 2.46. The molecule has 0 aromatic heterocycles. The van der Waals surface area contributed by atoms with Gasteiger partial charge in [0, 0.05) is 11.6 Å². The van der Waals surface area contributed by atoms with Crippen LogP contribution in [0.2, 0.25) is 0 Å². The van der Waals surface area contributed by atoms with Crippen LogP contribution in [0.1, 0.15) is 33.1 Å². The fraction of sp³-hybridized carbons (Fsp3) is 0.706. The van der Waals surface area contributed by atoms with E-state index >= 15 is 0 Å². The van der Waals surface area contributed by atoms with E-state index in [2.05, 4.69) is 11.6 Å². The molecule has 23 heavy (non-hydrogen) atoms. The largest absolute Gasteiger partial charge is 0.481 e. The van der Waals surface area contributed by atoms with Crippen molar-refractivity contribution in [3.63, 3.8) is 0 Å². The lowest BCUT2D eigenvalue weighted by atomic mass is 9.91. The average Bonchev–Trinajstić information content (AvgIpc) is 2.97. The van der Waals surface area contributed by atoms with Gasteiger partial charge in [0.2, 0.25) is 0 Å². The first kappa shape index (κ1) is 18.0. The third-order valence-corrected chi connectivity index (χ3v) is 4.69. The van der Waals surface area contributed by atoms with Gasteiger partial charge in [-0.1, -0.05) is 32.1 Å². The smallest absolute Gasteiger partial charge is 0.305 e. The predicted molar refractivity (Wildman–Crippen MR) is 85.1 cm³/mol. The Morgan fingerprint density at radius 2 is 2.26 bits per heavy atom. The van der Waals surface area contributed by atoms with Crippen LogP contribution in [-0.2, 0) is 9.63 Å². The number of carbonyl (C=O) groups is 1. The third-order valence-electron chi connectivity index (χ3n) is 4.69. The molecule has 0 aromatic rings. The first-order chi connectivity index (χ1) is 10.9. The van der Waals surface area contributed by atoms with Crippen molar-refractivity contribution in [1.29, 1.82) is 0 Å². The Kier molecular flexibility index (Phi) is 6.21. The lowest BCUT2D eigenvalue weighted by Crippen LogP contribution is -2.19. The lowest BCUT2D eigenvalue weighted by Gasteiger charge is -2.17. The van der Waals surface area contributed by atoms with E-state index < -0.39 is 12.1 Å². The molecule has 2 aliphatic carbocycles. The van der Waals surface area contributed by atoms with Crippen LogP contribution in [0, 0.1) is 23.7 Å². The molecule has 0 spiro atoms. The molecule has 0 radical (unpaired) electrons. The number of nitrogens with one attached hydrogen (secondary N) is 1. The van der Waals surface area contributed by atoms with Gasteiger partial charge in [-0.05, 0) is 30.6 Å². The van der Waals surface area contributed by atoms with Gasteiger partial charge in [0.1, 0.15) is 0 Å². The summed E-state index contributed by atoms with van der Waals surface area (Å²) in [7, 11) is 0. The first-order valence-electron chi connectivity index (χ1n) is 8.23. The second-order valence-electron chi connectivity index (χ2n) is 6.83. The predicted octanol–water partition coefficient (Wildman–Crippen LogP) is 1.46. The van der Waals surface area contributed by atoms with Gasteiger partial charge >= 0.3 is 5.97 Å². The standard InChI is InChI=1S/C17H27NO5/c1-10(2)15(19)4-3-13-14-9-12(7-11(14)8-16(13)20)18-23-6-5-17(21)22/h3-4,9-11,13-16,18-20H,5-8H2,1-2H3,(H,21,22)/t11-,13+,14+,15?,16+/m0/s1. The normalized spacial score (nSPS) is 31.4. The number of carboxylic acid groups (broad SMARTS) is 1. The molecular weight excluding hydrogens is 298 g/mol. The number of aliphatic carboxylic acids is 1. The summed E-state index contributed by atoms with van der Waals surface area (Å²) in [4.78, 5) is 15.6. The van der Waals surface area contributed by atoms with Gasteiger partial charge in [0.05, 0.1) is 25.2 Å². The highest BCUT2D eigenvalue weighted by Gasteiger charge is 2.43. The van der Waals surface area contributed by atoms with E-state index in [0.29, 0.717) is 5.92 Å². The molecule has 4 N–H and O–H groups in total. The van der Waals surface area contributed by atoms with E-state index in [-0.39, 0.29) is 36.9 Å². The molecule has 0 aromatic carbocycles. The fourth-order valence-corrected chi connectivity index (χ4v) is 3.32. The Hall–Kier alpha value is -1.37. The number of hydrogen-bond acceptors (Lipinski definition) is 5. The molecule has 0 amide bonds. The topological polar surface area (TPSA) is 99.0 Å². The van der Waals surface area contributed by atoms with Gasteiger partial charge in [0.25, 0.3) is 0 Å². The summed E-state index contributed by atoms with van der Waals surface area (Å²) in [6, 6.07) is 0. The van der Waals surface area contributed by atoms with Crippen LogP contribution in [0.4, 0.5) is 0 Å². The minimum Gasteiger partial charge on any atom is -0.481 e. The Balaban J connectivity index is 1.89. The van der Waals surface area contributed by atoms with Crippen molar-refractivity contribution in [1.82, 2.24) is 5.48 Å². The highest BCUT2D eigenvalue weighted by molar-refractivity contribution is 5.66. The van der Waals surface area contributed by atoms with E-state index in [1.165, 1.54) is 0 Å². The van der Waals surface area contributed by atoms with Crippen molar-refractivity contribution in [3.8, 4) is 0 Å². The zero-order chi connectivity index (χ0) is 17.0. The number of aliphatic hydroxyl groups is 2. The van der Waals surface area contributed by atoms with E-state index in [9.17, 15) is 15.0 Å². The molecule has 0 bridgehead atoms. The van der Waals surface area contributed by atoms with E-state index in [0.717, 1.165) is 18.5 Å². The molecule has 2 aliphatic rings. The first-order valence-corrected chi connectivity index (χ1v) is 8.23. The van der Waals surface area contributed by atoms with Crippen LogP contribution in [0.5, 0.6) is 0 Å². The Morgan fingerprint density at radius 1 is 1.52 bits per heavy atom. The summed E-state index contributed by atoms with van der Waals surface area (Å²) in [5, 5.41) is 28.7. The van der Waals surface area contributed by atoms with Crippen molar-refractivity contribution in [2.75, 3.05) is 6.61 Å². The molecule has 130 valence electrons. The van der Waals surface area contributed by atoms with Crippen molar-refractivity contribution < 1.29 is 25.0 Å². The SMILES string of the molecule is CC(C)C(O)C=C[C@@H]1[C@@H]2C=C(NOCCC(=O)O)C[C@H]2C[C@H]1O. The van der Waals surface area contributed by atoms with Crippen molar-refractivity contribution in [3.05, 3.63) is 23.9 Å². The maximum atomic E-state index is 10.4. The number of hydroxylamine groups is 1. The number of fused-ring (bicyclic) bond motifs is 1. The Labute approximate surface area is 136 Å². The summed E-state index contributed by atoms with van der Waals surface area (Å²) in [6.07, 6.45) is 6.40. The van der Waals surface area contributed by atoms with Gasteiger partial charge in [0.15, 0.2) is 0 Å². The van der Waals surface area contributed by atoms with Crippen LogP contribution in [-0.4, -0.2) is 40.1 Å². The average molecular weight is 325 g/mol. The van der Waals surface area contributed by atoms with Crippen molar-refractivity contribution in [2.45, 2.75) is 45.3 Å². The number of allylic oxidation sites excluding steroid dienone is 2. The highest BCUT2D eigenvalue weighted by atomic mass is 16.6. The van der Waals surface area contributed by atoms with Crippen LogP contribution >= 0.6 is 0 Å². The minimum atomic E-state index is -0.888. The molecule has 1 fully saturated rings. The van der Waals surface area contributed by atoms with Crippen molar-refractivity contribution in [2.24, 2.45) is 23.7 Å². The van der Waals surface area contributed by atoms with Gasteiger partial charge in [-0.15, -0.1) is 0 Å². The van der Waals surface area contributed by atoms with E-state index in [1.807, 2.05) is 19.9 Å². The van der Waals surface area contributed by atoms with Gasteiger partial charge in [-0.3, -0.25) is 15.1 Å². The summed E-state index contributed by atoms with van der Waals surface area (Å²) >= 11 is 0. The fourth-order valence-electron chi connectivity index (χ4n) is 3.32. The lowest BCUT2D eigenvalue weighted by molar-refractivity contribution is -0.138. The molecule has 0 heterocycles. The number of hydrogen-bond donors (Lipinski definition) is 4. The second kappa shape index (κ2) is 7.95. The minimum absolute atomic E-state index is 0.00622. The molecule has 6 nitrogen and oxygen atoms in total. The summed E-state index contributed by atoms with van der Waals surface area (Å²) in [5.74, 6) is -0.139. The zero-order valence-electron chi connectivity index (χ0n) is 13.7. The molecule has 0 saturated heterocycles. The Bertz CT molecular complexity index is 474. The molecule has 1 unspecified atom stereocenters. The maximum absolute atomic E-state index is 10.4. The van der Waals surface area contributed by atoms with E-state index in [4.69, 9.17) is 9.94 Å². The van der Waals surface area contributed by atoms with Crippen molar-refractivity contribution >= 4 is 5.97 Å². The summed E-state index contributed by atoms with van der Waals surface area (Å²) in [5.41, 5.74) is 3.77. The second-order valence-corrected chi connectivity index (χ2v) is 6.83. The quantitative estimate of drug-likeness (QED) is 0.306. The Morgan fingerprint density at radius 3 is 2.91 bits per heavy atom. The van der Waals surface area contributed by atoms with Crippen LogP contribution < -0.4 is 5.48 Å². The number of rotatable bonds is 8. The van der Waals surface area contributed by atoms with E-state index in [1.54, 1.807) is 6.08 Å². The molecule has 2 rings (SSSR count). The zero-order valence-corrected chi connectivity index (χ0v) is 13.7. The molecule has 6 heteroatoms. The van der Waals surface area contributed by atoms with Gasteiger partial charge in [-0.25, -0.2) is 0 Å². The third kappa shape index (κ3) is 4.80. The monoisotopic (exact) mass is 325 g/mol. The molecule has 5 atom stereocenters. The van der Waals surface area contributed by atoms with Gasteiger partial charge in [-0.2, -0.15) is 0 Å².